The minimum Gasteiger partial charge on any atom is -0.206 e. The van der Waals surface area contributed by atoms with Gasteiger partial charge in [-0.25, -0.2) is 4.39 Å². The van der Waals surface area contributed by atoms with E-state index in [9.17, 15) is 4.39 Å². The van der Waals surface area contributed by atoms with Crippen molar-refractivity contribution >= 4 is 31.9 Å². The third kappa shape index (κ3) is 1.58. The van der Waals surface area contributed by atoms with Crippen LogP contribution in [0, 0.1) is 12.7 Å². The van der Waals surface area contributed by atoms with E-state index in [0.29, 0.717) is 4.47 Å². The number of halogens is 3. The molecule has 0 aliphatic carbocycles. The van der Waals surface area contributed by atoms with E-state index < -0.39 is 0 Å². The van der Waals surface area contributed by atoms with Crippen molar-refractivity contribution in [3.8, 4) is 0 Å². The molecule has 0 aliphatic rings. The zero-order chi connectivity index (χ0) is 7.72. The first-order valence-corrected chi connectivity index (χ1v) is 4.31. The highest BCUT2D eigenvalue weighted by Crippen LogP contribution is 2.23. The van der Waals surface area contributed by atoms with Gasteiger partial charge in [0.25, 0.3) is 0 Å². The number of benzene rings is 1. The molecule has 0 spiro atoms. The maximum absolute atomic E-state index is 12.7. The van der Waals surface area contributed by atoms with Gasteiger partial charge in [-0.2, -0.15) is 0 Å². The van der Waals surface area contributed by atoms with E-state index in [0.717, 1.165) is 10.0 Å². The van der Waals surface area contributed by atoms with Gasteiger partial charge in [0.2, 0.25) is 0 Å². The maximum atomic E-state index is 12.7. The van der Waals surface area contributed by atoms with E-state index in [2.05, 4.69) is 31.9 Å². The van der Waals surface area contributed by atoms with E-state index in [4.69, 9.17) is 0 Å². The molecule has 0 radical (unpaired) electrons. The van der Waals surface area contributed by atoms with E-state index in [1.165, 1.54) is 6.07 Å². The SMILES string of the molecule is Cc1cc(Br)c(F)cc1Br. The van der Waals surface area contributed by atoms with Crippen LogP contribution in [-0.2, 0) is 0 Å². The molecule has 0 saturated heterocycles. The molecule has 1 rings (SSSR count). The topological polar surface area (TPSA) is 0 Å². The first kappa shape index (κ1) is 8.21. The average Bonchev–Trinajstić information content (AvgIpc) is 1.84. The Morgan fingerprint density at radius 1 is 1.20 bits per heavy atom. The molecular weight excluding hydrogens is 263 g/mol. The molecule has 1 aromatic rings. The Labute approximate surface area is 75.7 Å². The van der Waals surface area contributed by atoms with E-state index >= 15 is 0 Å². The van der Waals surface area contributed by atoms with Crippen LogP contribution in [0.5, 0.6) is 0 Å². The molecule has 0 N–H and O–H groups in total. The maximum Gasteiger partial charge on any atom is 0.138 e. The summed E-state index contributed by atoms with van der Waals surface area (Å²) in [5.74, 6) is -0.238. The van der Waals surface area contributed by atoms with Crippen LogP contribution in [0.3, 0.4) is 0 Å². The van der Waals surface area contributed by atoms with Crippen molar-refractivity contribution in [3.63, 3.8) is 0 Å². The van der Waals surface area contributed by atoms with Gasteiger partial charge in [-0.15, -0.1) is 0 Å². The molecule has 0 aromatic heterocycles. The lowest BCUT2D eigenvalue weighted by Crippen LogP contribution is -1.80. The molecule has 0 atom stereocenters. The molecule has 0 amide bonds. The summed E-state index contributed by atoms with van der Waals surface area (Å²) < 4.78 is 14.0. The molecule has 0 saturated carbocycles. The number of aryl methyl sites for hydroxylation is 1. The molecule has 10 heavy (non-hydrogen) atoms. The first-order chi connectivity index (χ1) is 4.61. The van der Waals surface area contributed by atoms with E-state index in [-0.39, 0.29) is 5.82 Å². The summed E-state index contributed by atoms with van der Waals surface area (Å²) in [4.78, 5) is 0. The fraction of sp³-hybridized carbons (Fsp3) is 0.143. The van der Waals surface area contributed by atoms with Gasteiger partial charge in [0.15, 0.2) is 0 Å². The summed E-state index contributed by atoms with van der Waals surface area (Å²) in [6.45, 7) is 1.91. The van der Waals surface area contributed by atoms with Crippen LogP contribution < -0.4 is 0 Å². The third-order valence-electron chi connectivity index (χ3n) is 1.20. The average molecular weight is 268 g/mol. The lowest BCUT2D eigenvalue weighted by atomic mass is 10.2. The van der Waals surface area contributed by atoms with Crippen LogP contribution in [0.1, 0.15) is 5.56 Å². The van der Waals surface area contributed by atoms with E-state index in [1.807, 2.05) is 6.92 Å². The van der Waals surface area contributed by atoms with Gasteiger partial charge in [-0.1, -0.05) is 15.9 Å². The Kier molecular flexibility index (Phi) is 2.47. The van der Waals surface area contributed by atoms with Crippen molar-refractivity contribution in [1.82, 2.24) is 0 Å². The molecule has 0 heterocycles. The zero-order valence-electron chi connectivity index (χ0n) is 5.29. The zero-order valence-corrected chi connectivity index (χ0v) is 8.46. The Morgan fingerprint density at radius 3 is 2.30 bits per heavy atom. The molecule has 0 unspecified atom stereocenters. The van der Waals surface area contributed by atoms with Crippen molar-refractivity contribution in [1.29, 1.82) is 0 Å². The second kappa shape index (κ2) is 3.01. The fourth-order valence-corrected chi connectivity index (χ4v) is 1.40. The normalized spacial score (nSPS) is 10.0. The molecule has 0 bridgehead atoms. The van der Waals surface area contributed by atoms with Crippen LogP contribution in [0.4, 0.5) is 4.39 Å². The number of hydrogen-bond donors (Lipinski definition) is 0. The summed E-state index contributed by atoms with van der Waals surface area (Å²) in [7, 11) is 0. The Balaban J connectivity index is 3.28. The lowest BCUT2D eigenvalue weighted by molar-refractivity contribution is 0.619. The number of hydrogen-bond acceptors (Lipinski definition) is 0. The summed E-state index contributed by atoms with van der Waals surface area (Å²) >= 11 is 6.30. The van der Waals surface area contributed by atoms with Crippen molar-refractivity contribution in [3.05, 3.63) is 32.5 Å². The largest absolute Gasteiger partial charge is 0.206 e. The van der Waals surface area contributed by atoms with Gasteiger partial charge in [-0.3, -0.25) is 0 Å². The van der Waals surface area contributed by atoms with Gasteiger partial charge in [0.05, 0.1) is 4.47 Å². The lowest BCUT2D eigenvalue weighted by Gasteiger charge is -1.98. The van der Waals surface area contributed by atoms with Crippen LogP contribution >= 0.6 is 31.9 Å². The molecule has 0 aliphatic heterocycles. The Bertz CT molecular complexity index is 208. The van der Waals surface area contributed by atoms with E-state index in [1.54, 1.807) is 6.07 Å². The quantitative estimate of drug-likeness (QED) is 0.630. The molecule has 3 heteroatoms. The Morgan fingerprint density at radius 2 is 1.80 bits per heavy atom. The molecule has 1 aromatic carbocycles. The van der Waals surface area contributed by atoms with Crippen LogP contribution in [0.25, 0.3) is 0 Å². The highest BCUT2D eigenvalue weighted by molar-refractivity contribution is 9.11. The highest BCUT2D eigenvalue weighted by atomic mass is 79.9. The van der Waals surface area contributed by atoms with Gasteiger partial charge >= 0.3 is 0 Å². The Hall–Kier alpha value is 0.110. The summed E-state index contributed by atoms with van der Waals surface area (Å²) in [5.41, 5.74) is 1.02. The van der Waals surface area contributed by atoms with Crippen molar-refractivity contribution in [2.45, 2.75) is 6.92 Å². The standard InChI is InChI=1S/C7H5Br2F/c1-4-2-6(9)7(10)3-5(4)8/h2-3H,1H3. The predicted molar refractivity (Wildman–Crippen MR) is 46.5 cm³/mol. The summed E-state index contributed by atoms with van der Waals surface area (Å²) in [6.07, 6.45) is 0. The first-order valence-electron chi connectivity index (χ1n) is 2.72. The molecule has 54 valence electrons. The van der Waals surface area contributed by atoms with Crippen LogP contribution in [-0.4, -0.2) is 0 Å². The van der Waals surface area contributed by atoms with Gasteiger partial charge in [0, 0.05) is 4.47 Å². The van der Waals surface area contributed by atoms with Gasteiger partial charge < -0.3 is 0 Å². The highest BCUT2D eigenvalue weighted by Gasteiger charge is 2.01. The summed E-state index contributed by atoms with van der Waals surface area (Å²) in [6, 6.07) is 3.18. The van der Waals surface area contributed by atoms with Gasteiger partial charge in [0.1, 0.15) is 5.82 Å². The van der Waals surface area contributed by atoms with Crippen molar-refractivity contribution in [2.75, 3.05) is 0 Å². The monoisotopic (exact) mass is 266 g/mol. The smallest absolute Gasteiger partial charge is 0.138 e. The van der Waals surface area contributed by atoms with Crippen LogP contribution in [0.15, 0.2) is 21.1 Å². The molecule has 0 nitrogen and oxygen atoms in total. The summed E-state index contributed by atoms with van der Waals surface area (Å²) in [5, 5.41) is 0. The van der Waals surface area contributed by atoms with Crippen LogP contribution in [0.2, 0.25) is 0 Å². The third-order valence-corrected chi connectivity index (χ3v) is 2.66. The minimum atomic E-state index is -0.238. The van der Waals surface area contributed by atoms with Gasteiger partial charge in [-0.05, 0) is 40.5 Å². The fourth-order valence-electron chi connectivity index (χ4n) is 0.622. The molecule has 0 fully saturated rings. The van der Waals surface area contributed by atoms with Crippen molar-refractivity contribution < 1.29 is 4.39 Å². The second-order valence-corrected chi connectivity index (χ2v) is 3.72. The second-order valence-electron chi connectivity index (χ2n) is 2.02. The minimum absolute atomic E-state index is 0.238. The number of rotatable bonds is 0. The molecular formula is C7H5Br2F. The van der Waals surface area contributed by atoms with Crippen molar-refractivity contribution in [2.24, 2.45) is 0 Å². The predicted octanol–water partition coefficient (Wildman–Crippen LogP) is 3.66.